The lowest BCUT2D eigenvalue weighted by molar-refractivity contribution is 0.0147. The van der Waals surface area contributed by atoms with E-state index in [1.807, 2.05) is 37.5 Å². The van der Waals surface area contributed by atoms with Gasteiger partial charge in [-0.1, -0.05) is 18.2 Å². The number of carbonyl (C=O) groups is 1. The molecule has 2 heterocycles. The summed E-state index contributed by atoms with van der Waals surface area (Å²) in [5.41, 5.74) is 2.40. The fourth-order valence-electron chi connectivity index (χ4n) is 2.97. The van der Waals surface area contributed by atoms with Gasteiger partial charge in [0.15, 0.2) is 6.23 Å². The maximum Gasteiger partial charge on any atom is 0.256 e. The van der Waals surface area contributed by atoms with Gasteiger partial charge in [-0.3, -0.25) is 4.79 Å². The summed E-state index contributed by atoms with van der Waals surface area (Å²) in [6, 6.07) is 7.50. The monoisotopic (exact) mass is 299 g/mol. The van der Waals surface area contributed by atoms with Gasteiger partial charge in [-0.05, 0) is 25.1 Å². The Balaban J connectivity index is 1.65. The quantitative estimate of drug-likeness (QED) is 0.884. The summed E-state index contributed by atoms with van der Waals surface area (Å²) in [7, 11) is 1.90. The van der Waals surface area contributed by atoms with Gasteiger partial charge in [0, 0.05) is 49.2 Å². The summed E-state index contributed by atoms with van der Waals surface area (Å²) in [6.45, 7) is 3.28. The molecule has 2 aliphatic rings. The molecule has 0 bridgehead atoms. The maximum absolute atomic E-state index is 12.4. The van der Waals surface area contributed by atoms with E-state index in [0.717, 1.165) is 5.70 Å². The van der Waals surface area contributed by atoms with E-state index in [1.54, 1.807) is 6.07 Å². The molecule has 0 aliphatic carbocycles. The Morgan fingerprint density at radius 2 is 2.05 bits per heavy atom. The van der Waals surface area contributed by atoms with Crippen LogP contribution in [0.2, 0.25) is 0 Å². The highest BCUT2D eigenvalue weighted by molar-refractivity contribution is 5.98. The Kier molecular flexibility index (Phi) is 3.90. The summed E-state index contributed by atoms with van der Waals surface area (Å²) < 4.78 is 0. The van der Waals surface area contributed by atoms with Crippen LogP contribution in [0.1, 0.15) is 29.1 Å². The zero-order chi connectivity index (χ0) is 15.7. The molecular formula is C17H21N3O2. The largest absolute Gasteiger partial charge is 0.388 e. The number of nitrogens with one attached hydrogen (secondary N) is 1. The van der Waals surface area contributed by atoms with E-state index in [2.05, 4.69) is 23.2 Å². The second-order valence-corrected chi connectivity index (χ2v) is 5.63. The fourth-order valence-corrected chi connectivity index (χ4v) is 2.97. The second kappa shape index (κ2) is 5.85. The number of allylic oxidation sites excluding steroid dienone is 1. The molecule has 0 aromatic heterocycles. The van der Waals surface area contributed by atoms with Crippen molar-refractivity contribution in [2.45, 2.75) is 19.2 Å². The lowest BCUT2D eigenvalue weighted by Crippen LogP contribution is -2.39. The van der Waals surface area contributed by atoms with Crippen molar-refractivity contribution in [3.63, 3.8) is 0 Å². The van der Waals surface area contributed by atoms with Crippen LogP contribution in [0.3, 0.4) is 0 Å². The predicted octanol–water partition coefficient (Wildman–Crippen LogP) is 1.45. The third-order valence-corrected chi connectivity index (χ3v) is 4.30. The van der Waals surface area contributed by atoms with Crippen LogP contribution < -0.4 is 5.32 Å². The van der Waals surface area contributed by atoms with Gasteiger partial charge in [0.25, 0.3) is 5.91 Å². The Morgan fingerprint density at radius 1 is 1.27 bits per heavy atom. The number of aliphatic hydroxyl groups is 1. The molecule has 5 heteroatoms. The average molecular weight is 299 g/mol. The van der Waals surface area contributed by atoms with E-state index >= 15 is 0 Å². The minimum Gasteiger partial charge on any atom is -0.388 e. The lowest BCUT2D eigenvalue weighted by Gasteiger charge is -2.31. The zero-order valence-corrected chi connectivity index (χ0v) is 12.9. The number of nitrogens with zero attached hydrogens (tertiary/aromatic N) is 2. The molecular weight excluding hydrogens is 278 g/mol. The first kappa shape index (κ1) is 14.7. The number of aliphatic hydroxyl groups excluding tert-OH is 1. The second-order valence-electron chi connectivity index (χ2n) is 5.63. The molecule has 2 N–H and O–H groups in total. The van der Waals surface area contributed by atoms with Crippen LogP contribution in [-0.2, 0) is 0 Å². The molecule has 0 radical (unpaired) electrons. The van der Waals surface area contributed by atoms with Crippen molar-refractivity contribution >= 4 is 5.91 Å². The zero-order valence-electron chi connectivity index (χ0n) is 12.9. The topological polar surface area (TPSA) is 55.8 Å². The normalized spacial score (nSPS) is 23.6. The molecule has 1 aromatic carbocycles. The number of rotatable bonds is 4. The molecule has 5 nitrogen and oxygen atoms in total. The fraction of sp³-hybridized carbons (Fsp3) is 0.353. The SMILES string of the molecule is CNC1=CC(C)N(CCN2C(=O)c3ccccc3C2O)C=C1. The molecule has 2 aliphatic heterocycles. The summed E-state index contributed by atoms with van der Waals surface area (Å²) >= 11 is 0. The van der Waals surface area contributed by atoms with Crippen molar-refractivity contribution in [3.8, 4) is 0 Å². The molecule has 3 rings (SSSR count). The van der Waals surface area contributed by atoms with Crippen molar-refractivity contribution in [2.24, 2.45) is 0 Å². The van der Waals surface area contributed by atoms with Crippen molar-refractivity contribution in [1.82, 2.24) is 15.1 Å². The van der Waals surface area contributed by atoms with Gasteiger partial charge >= 0.3 is 0 Å². The van der Waals surface area contributed by atoms with Crippen LogP contribution in [0.15, 0.2) is 48.3 Å². The Labute approximate surface area is 130 Å². The summed E-state index contributed by atoms with van der Waals surface area (Å²) in [4.78, 5) is 16.1. The highest BCUT2D eigenvalue weighted by atomic mass is 16.3. The average Bonchev–Trinajstić information content (AvgIpc) is 2.78. The summed E-state index contributed by atoms with van der Waals surface area (Å²) in [6.07, 6.45) is 5.33. The molecule has 0 fully saturated rings. The molecule has 2 unspecified atom stereocenters. The van der Waals surface area contributed by atoms with Crippen molar-refractivity contribution in [1.29, 1.82) is 0 Å². The third kappa shape index (κ3) is 2.48. The van der Waals surface area contributed by atoms with Gasteiger partial charge < -0.3 is 20.2 Å². The Hall–Kier alpha value is -2.27. The van der Waals surface area contributed by atoms with E-state index in [1.165, 1.54) is 4.90 Å². The number of amides is 1. The van der Waals surface area contributed by atoms with Crippen LogP contribution in [0.25, 0.3) is 0 Å². The molecule has 1 amide bonds. The minimum atomic E-state index is -0.837. The first-order chi connectivity index (χ1) is 10.6. The first-order valence-corrected chi connectivity index (χ1v) is 7.53. The van der Waals surface area contributed by atoms with Crippen LogP contribution >= 0.6 is 0 Å². The Bertz CT molecular complexity index is 639. The van der Waals surface area contributed by atoms with Gasteiger partial charge in [0.2, 0.25) is 0 Å². The predicted molar refractivity (Wildman–Crippen MR) is 84.9 cm³/mol. The number of likely N-dealkylation sites (N-methyl/N-ethyl adjacent to an activating group) is 1. The van der Waals surface area contributed by atoms with Crippen LogP contribution in [0, 0.1) is 0 Å². The van der Waals surface area contributed by atoms with Crippen molar-refractivity contribution < 1.29 is 9.90 Å². The number of benzene rings is 1. The van der Waals surface area contributed by atoms with E-state index in [-0.39, 0.29) is 11.9 Å². The van der Waals surface area contributed by atoms with Gasteiger partial charge in [-0.25, -0.2) is 0 Å². The van der Waals surface area contributed by atoms with Crippen molar-refractivity contribution in [3.05, 3.63) is 59.4 Å². The van der Waals surface area contributed by atoms with Gasteiger partial charge in [0.05, 0.1) is 0 Å². The molecule has 22 heavy (non-hydrogen) atoms. The van der Waals surface area contributed by atoms with Gasteiger partial charge in [0.1, 0.15) is 0 Å². The third-order valence-electron chi connectivity index (χ3n) is 4.30. The molecule has 1 aromatic rings. The molecule has 0 spiro atoms. The maximum atomic E-state index is 12.4. The number of fused-ring (bicyclic) bond motifs is 1. The molecule has 116 valence electrons. The van der Waals surface area contributed by atoms with Crippen molar-refractivity contribution in [2.75, 3.05) is 20.1 Å². The molecule has 2 atom stereocenters. The van der Waals surface area contributed by atoms with Crippen LogP contribution in [0.5, 0.6) is 0 Å². The van der Waals surface area contributed by atoms with Crippen LogP contribution in [-0.4, -0.2) is 47.0 Å². The van der Waals surface area contributed by atoms with Gasteiger partial charge in [-0.15, -0.1) is 0 Å². The number of hydrogen-bond acceptors (Lipinski definition) is 4. The first-order valence-electron chi connectivity index (χ1n) is 7.53. The smallest absolute Gasteiger partial charge is 0.256 e. The number of carbonyl (C=O) groups excluding carboxylic acids is 1. The highest BCUT2D eigenvalue weighted by Gasteiger charge is 2.35. The van der Waals surface area contributed by atoms with E-state index in [4.69, 9.17) is 0 Å². The van der Waals surface area contributed by atoms with Crippen LogP contribution in [0.4, 0.5) is 0 Å². The highest BCUT2D eigenvalue weighted by Crippen LogP contribution is 2.31. The molecule has 0 saturated heterocycles. The standard InChI is InChI=1S/C17H21N3O2/c1-12-11-13(18-2)7-8-19(12)9-10-20-16(21)14-5-3-4-6-15(14)17(20)22/h3-8,11-12,16,18,21H,9-10H2,1-2H3. The van der Waals surface area contributed by atoms with E-state index in [0.29, 0.717) is 24.2 Å². The Morgan fingerprint density at radius 3 is 2.73 bits per heavy atom. The number of hydrogen-bond donors (Lipinski definition) is 2. The molecule has 0 saturated carbocycles. The summed E-state index contributed by atoms with van der Waals surface area (Å²) in [5, 5.41) is 13.5. The van der Waals surface area contributed by atoms with E-state index < -0.39 is 6.23 Å². The van der Waals surface area contributed by atoms with E-state index in [9.17, 15) is 9.90 Å². The van der Waals surface area contributed by atoms with Gasteiger partial charge in [-0.2, -0.15) is 0 Å². The summed E-state index contributed by atoms with van der Waals surface area (Å²) in [5.74, 6) is -0.0943. The minimum absolute atomic E-state index is 0.0943. The lowest BCUT2D eigenvalue weighted by atomic mass is 10.1.